The second-order valence-electron chi connectivity index (χ2n) is 5.97. The zero-order valence-electron chi connectivity index (χ0n) is 15.7. The molecular formula is C20H21BrN4O2S. The maximum Gasteiger partial charge on any atom is 0.251 e. The first kappa shape index (κ1) is 20.4. The highest BCUT2D eigenvalue weighted by molar-refractivity contribution is 9.10. The van der Waals surface area contributed by atoms with Crippen molar-refractivity contribution in [2.75, 3.05) is 7.11 Å². The van der Waals surface area contributed by atoms with Gasteiger partial charge >= 0.3 is 0 Å². The van der Waals surface area contributed by atoms with Crippen LogP contribution < -0.4 is 10.1 Å². The Balaban J connectivity index is 1.61. The molecule has 3 aromatic rings. The number of hydrogen-bond acceptors (Lipinski definition) is 5. The van der Waals surface area contributed by atoms with E-state index in [1.165, 1.54) is 5.56 Å². The Bertz CT molecular complexity index is 926. The molecule has 8 heteroatoms. The normalized spacial score (nSPS) is 10.7. The van der Waals surface area contributed by atoms with Crippen LogP contribution in [0.25, 0.3) is 0 Å². The quantitative estimate of drug-likeness (QED) is 0.507. The second-order valence-corrected chi connectivity index (χ2v) is 7.83. The fraction of sp³-hybridized carbons (Fsp3) is 0.250. The Kier molecular flexibility index (Phi) is 7.11. The molecule has 0 aliphatic carbocycles. The molecular weight excluding hydrogens is 440 g/mol. The molecule has 1 aromatic heterocycles. The minimum absolute atomic E-state index is 0.155. The van der Waals surface area contributed by atoms with E-state index in [4.69, 9.17) is 4.74 Å². The van der Waals surface area contributed by atoms with Gasteiger partial charge in [-0.05, 0) is 48.9 Å². The zero-order valence-corrected chi connectivity index (χ0v) is 18.1. The number of rotatable bonds is 8. The van der Waals surface area contributed by atoms with E-state index in [0.717, 1.165) is 33.5 Å². The lowest BCUT2D eigenvalue weighted by Gasteiger charge is -2.09. The van der Waals surface area contributed by atoms with Crippen LogP contribution in [0.5, 0.6) is 5.75 Å². The molecule has 0 saturated carbocycles. The molecule has 0 bridgehead atoms. The monoisotopic (exact) mass is 460 g/mol. The lowest BCUT2D eigenvalue weighted by atomic mass is 10.2. The predicted octanol–water partition coefficient (Wildman–Crippen LogP) is 4.29. The third-order valence-corrected chi connectivity index (χ3v) is 5.72. The van der Waals surface area contributed by atoms with Gasteiger partial charge in [0.25, 0.3) is 5.91 Å². The Morgan fingerprint density at radius 1 is 1.14 bits per heavy atom. The van der Waals surface area contributed by atoms with Crippen molar-refractivity contribution in [3.8, 4) is 5.75 Å². The molecule has 1 N–H and O–H groups in total. The third-order valence-electron chi connectivity index (χ3n) is 4.15. The van der Waals surface area contributed by atoms with Gasteiger partial charge in [0.1, 0.15) is 5.75 Å². The molecule has 28 heavy (non-hydrogen) atoms. The number of benzene rings is 2. The molecule has 1 heterocycles. The summed E-state index contributed by atoms with van der Waals surface area (Å²) in [6, 6.07) is 15.2. The Hall–Kier alpha value is -2.32. The van der Waals surface area contributed by atoms with Gasteiger partial charge in [0.15, 0.2) is 11.0 Å². The van der Waals surface area contributed by atoms with Crippen molar-refractivity contribution in [1.29, 1.82) is 0 Å². The summed E-state index contributed by atoms with van der Waals surface area (Å²) in [7, 11) is 1.60. The van der Waals surface area contributed by atoms with Crippen LogP contribution in [0.1, 0.15) is 28.7 Å². The van der Waals surface area contributed by atoms with Crippen molar-refractivity contribution in [2.45, 2.75) is 30.9 Å². The minimum atomic E-state index is -0.155. The van der Waals surface area contributed by atoms with Crippen LogP contribution in [-0.2, 0) is 18.8 Å². The van der Waals surface area contributed by atoms with Gasteiger partial charge in [-0.15, -0.1) is 10.2 Å². The summed E-state index contributed by atoms with van der Waals surface area (Å²) in [6.07, 6.45) is 0. The zero-order chi connectivity index (χ0) is 19.9. The van der Waals surface area contributed by atoms with Crippen molar-refractivity contribution in [3.63, 3.8) is 0 Å². The standard InChI is InChI=1S/C20H21BrN4O2S/c1-3-25-18(12-22-19(26)15-6-10-17(27-2)11-7-15)23-24-20(25)28-13-14-4-8-16(21)9-5-14/h4-11H,3,12-13H2,1-2H3,(H,22,26). The molecule has 0 spiro atoms. The van der Waals surface area contributed by atoms with Gasteiger partial charge in [-0.2, -0.15) is 0 Å². The number of aromatic nitrogens is 3. The number of thioether (sulfide) groups is 1. The molecule has 0 unspecified atom stereocenters. The smallest absolute Gasteiger partial charge is 0.251 e. The molecule has 0 saturated heterocycles. The average molecular weight is 461 g/mol. The van der Waals surface area contributed by atoms with E-state index in [2.05, 4.69) is 43.6 Å². The highest BCUT2D eigenvalue weighted by Gasteiger charge is 2.13. The summed E-state index contributed by atoms with van der Waals surface area (Å²) >= 11 is 5.08. The van der Waals surface area contributed by atoms with E-state index in [1.807, 2.05) is 23.6 Å². The highest BCUT2D eigenvalue weighted by atomic mass is 79.9. The summed E-state index contributed by atoms with van der Waals surface area (Å²) in [6.45, 7) is 3.11. The minimum Gasteiger partial charge on any atom is -0.497 e. The van der Waals surface area contributed by atoms with Crippen LogP contribution in [0, 0.1) is 0 Å². The van der Waals surface area contributed by atoms with E-state index in [9.17, 15) is 4.79 Å². The molecule has 0 atom stereocenters. The van der Waals surface area contributed by atoms with E-state index >= 15 is 0 Å². The van der Waals surface area contributed by atoms with Crippen molar-refractivity contribution in [2.24, 2.45) is 0 Å². The number of methoxy groups -OCH3 is 1. The van der Waals surface area contributed by atoms with Gasteiger partial charge in [0.05, 0.1) is 13.7 Å². The van der Waals surface area contributed by atoms with Crippen molar-refractivity contribution >= 4 is 33.6 Å². The Morgan fingerprint density at radius 2 is 1.86 bits per heavy atom. The number of amides is 1. The molecule has 0 aliphatic heterocycles. The van der Waals surface area contributed by atoms with Crippen LogP contribution >= 0.6 is 27.7 Å². The Morgan fingerprint density at radius 3 is 2.50 bits per heavy atom. The van der Waals surface area contributed by atoms with Gasteiger partial charge in [-0.25, -0.2) is 0 Å². The van der Waals surface area contributed by atoms with Crippen LogP contribution in [0.2, 0.25) is 0 Å². The number of carbonyl (C=O) groups is 1. The highest BCUT2D eigenvalue weighted by Crippen LogP contribution is 2.23. The van der Waals surface area contributed by atoms with Gasteiger partial charge < -0.3 is 14.6 Å². The van der Waals surface area contributed by atoms with Crippen LogP contribution in [0.4, 0.5) is 0 Å². The molecule has 146 valence electrons. The molecule has 0 radical (unpaired) electrons. The van der Waals surface area contributed by atoms with Gasteiger partial charge in [0, 0.05) is 22.3 Å². The topological polar surface area (TPSA) is 69.0 Å². The fourth-order valence-corrected chi connectivity index (χ4v) is 3.85. The molecule has 2 aromatic carbocycles. The first-order chi connectivity index (χ1) is 13.6. The summed E-state index contributed by atoms with van der Waals surface area (Å²) in [4.78, 5) is 12.3. The number of nitrogens with zero attached hydrogens (tertiary/aromatic N) is 3. The lowest BCUT2D eigenvalue weighted by molar-refractivity contribution is 0.0949. The second kappa shape index (κ2) is 9.75. The first-order valence-electron chi connectivity index (χ1n) is 8.82. The predicted molar refractivity (Wildman–Crippen MR) is 114 cm³/mol. The number of nitrogens with one attached hydrogen (secondary N) is 1. The molecule has 6 nitrogen and oxygen atoms in total. The van der Waals surface area contributed by atoms with Gasteiger partial charge in [-0.3, -0.25) is 4.79 Å². The average Bonchev–Trinajstić information content (AvgIpc) is 3.13. The number of carbonyl (C=O) groups excluding carboxylic acids is 1. The largest absolute Gasteiger partial charge is 0.497 e. The number of hydrogen-bond donors (Lipinski definition) is 1. The molecule has 0 fully saturated rings. The van der Waals surface area contributed by atoms with Crippen LogP contribution in [0.15, 0.2) is 58.2 Å². The van der Waals surface area contributed by atoms with Gasteiger partial charge in [0.2, 0.25) is 0 Å². The third kappa shape index (κ3) is 5.14. The summed E-state index contributed by atoms with van der Waals surface area (Å²) < 4.78 is 8.20. The number of halogens is 1. The maximum atomic E-state index is 12.3. The summed E-state index contributed by atoms with van der Waals surface area (Å²) in [5.74, 6) is 2.11. The molecule has 1 amide bonds. The van der Waals surface area contributed by atoms with Crippen LogP contribution in [0.3, 0.4) is 0 Å². The fourth-order valence-electron chi connectivity index (χ4n) is 2.61. The maximum absolute atomic E-state index is 12.3. The summed E-state index contributed by atoms with van der Waals surface area (Å²) in [5, 5.41) is 12.3. The number of ether oxygens (including phenoxy) is 1. The van der Waals surface area contributed by atoms with E-state index in [0.29, 0.717) is 12.1 Å². The van der Waals surface area contributed by atoms with Crippen molar-refractivity contribution < 1.29 is 9.53 Å². The van der Waals surface area contributed by atoms with Crippen molar-refractivity contribution in [3.05, 3.63) is 70.0 Å². The van der Waals surface area contributed by atoms with E-state index in [-0.39, 0.29) is 5.91 Å². The van der Waals surface area contributed by atoms with Crippen molar-refractivity contribution in [1.82, 2.24) is 20.1 Å². The summed E-state index contributed by atoms with van der Waals surface area (Å²) in [5.41, 5.74) is 1.79. The SMILES string of the molecule is CCn1c(CNC(=O)c2ccc(OC)cc2)nnc1SCc1ccc(Br)cc1. The lowest BCUT2D eigenvalue weighted by Crippen LogP contribution is -2.24. The molecule has 0 aliphatic rings. The first-order valence-corrected chi connectivity index (χ1v) is 10.6. The van der Waals surface area contributed by atoms with Gasteiger partial charge in [-0.1, -0.05) is 39.8 Å². The van der Waals surface area contributed by atoms with E-state index in [1.54, 1.807) is 43.1 Å². The van der Waals surface area contributed by atoms with Crippen LogP contribution in [-0.4, -0.2) is 27.8 Å². The Labute approximate surface area is 176 Å². The van der Waals surface area contributed by atoms with E-state index < -0.39 is 0 Å². The molecule has 3 rings (SSSR count).